The molecule has 3 aromatic heterocycles. The molecule has 0 atom stereocenters. The molecule has 7 N–H and O–H groups in total. The van der Waals surface area contributed by atoms with E-state index < -0.39 is 5.60 Å². The monoisotopic (exact) mass is 871 g/mol. The van der Waals surface area contributed by atoms with Crippen LogP contribution in [0.3, 0.4) is 0 Å². The van der Waals surface area contributed by atoms with Gasteiger partial charge in [0.05, 0.1) is 0 Å². The molecule has 0 unspecified atom stereocenters. The van der Waals surface area contributed by atoms with Crippen LogP contribution in [0.2, 0.25) is 6.82 Å². The van der Waals surface area contributed by atoms with Crippen LogP contribution in [-0.4, -0.2) is 62.9 Å². The second-order valence-corrected chi connectivity index (χ2v) is 18.1. The van der Waals surface area contributed by atoms with E-state index >= 15 is 0 Å². The van der Waals surface area contributed by atoms with Crippen molar-refractivity contribution in [2.45, 2.75) is 168 Å². The average Bonchev–Trinajstić information content (AvgIpc) is 3.14. The number of aryl methyl sites for hydroxylation is 3. The Morgan fingerprint density at radius 1 is 0.719 bits per heavy atom. The number of carbonyl (C=O) groups excluding carboxylic acids is 1. The molecule has 10 nitrogen and oxygen atoms in total. The van der Waals surface area contributed by atoms with E-state index in [1.54, 1.807) is 6.82 Å². The second kappa shape index (κ2) is 26.5. The van der Waals surface area contributed by atoms with Crippen molar-refractivity contribution in [1.82, 2.24) is 25.5 Å². The molecule has 3 heterocycles. The molecular weight excluding hydrogens is 801 g/mol. The Kier molecular flexibility index (Phi) is 23.5. The van der Waals surface area contributed by atoms with Gasteiger partial charge >= 0.3 is 13.1 Å². The van der Waals surface area contributed by atoms with E-state index in [0.717, 1.165) is 55.0 Å². The van der Waals surface area contributed by atoms with Crippen LogP contribution in [0.4, 0.5) is 4.79 Å². The summed E-state index contributed by atoms with van der Waals surface area (Å²) in [7, 11) is -0.384. The average molecular weight is 873 g/mol. The maximum Gasteiger partial charge on any atom is 0.407 e. The first-order valence-electron chi connectivity index (χ1n) is 20.9. The number of pyridine rings is 3. The summed E-state index contributed by atoms with van der Waals surface area (Å²) in [6.45, 7) is 13.6. The van der Waals surface area contributed by atoms with Gasteiger partial charge in [-0.3, -0.25) is 9.97 Å². The molecule has 0 spiro atoms. The molecule has 13 heteroatoms. The predicted octanol–water partition coefficient (Wildman–Crippen LogP) is 9.00. The van der Waals surface area contributed by atoms with E-state index in [9.17, 15) is 9.82 Å². The largest absolute Gasteiger partial charge is 0.444 e. The van der Waals surface area contributed by atoms with Gasteiger partial charge in [0.25, 0.3) is 0 Å². The van der Waals surface area contributed by atoms with Crippen LogP contribution in [0.1, 0.15) is 126 Å². The van der Waals surface area contributed by atoms with E-state index in [1.165, 1.54) is 79.4 Å². The topological polar surface area (TPSA) is 161 Å². The fourth-order valence-corrected chi connectivity index (χ4v) is 7.52. The predicted molar refractivity (Wildman–Crippen MR) is 242 cm³/mol. The summed E-state index contributed by atoms with van der Waals surface area (Å²) in [5.41, 5.74) is 17.4. The second-order valence-electron chi connectivity index (χ2n) is 17.3. The molecular formula is C44H72BBrClN7O3. The normalized spacial score (nSPS) is 23.0. The van der Waals surface area contributed by atoms with Crippen LogP contribution in [0.5, 0.6) is 0 Å². The van der Waals surface area contributed by atoms with Crippen molar-refractivity contribution in [2.75, 3.05) is 0 Å². The highest BCUT2D eigenvalue weighted by Gasteiger charge is 2.24. The maximum atomic E-state index is 11.4. The fourth-order valence-electron chi connectivity index (χ4n) is 7.28. The summed E-state index contributed by atoms with van der Waals surface area (Å²) in [5.74, 6) is 1.56. The van der Waals surface area contributed by atoms with Crippen LogP contribution >= 0.6 is 28.3 Å². The van der Waals surface area contributed by atoms with E-state index in [-0.39, 0.29) is 31.6 Å². The van der Waals surface area contributed by atoms with Crippen molar-refractivity contribution in [3.8, 4) is 0 Å². The van der Waals surface area contributed by atoms with E-state index in [2.05, 4.69) is 79.5 Å². The van der Waals surface area contributed by atoms with Gasteiger partial charge in [-0.2, -0.15) is 0 Å². The number of nitrogens with zero attached hydrogens (tertiary/aromatic N) is 3. The van der Waals surface area contributed by atoms with E-state index in [0.29, 0.717) is 18.1 Å². The smallest absolute Gasteiger partial charge is 0.407 e. The van der Waals surface area contributed by atoms with Crippen molar-refractivity contribution < 1.29 is 14.6 Å². The minimum atomic E-state index is -0.421. The summed E-state index contributed by atoms with van der Waals surface area (Å²) in [4.78, 5) is 24.4. The first kappa shape index (κ1) is 50.5. The van der Waals surface area contributed by atoms with Crippen LogP contribution in [0, 0.1) is 32.6 Å². The van der Waals surface area contributed by atoms with E-state index in [1.807, 2.05) is 58.4 Å². The molecule has 6 rings (SSSR count). The minimum absolute atomic E-state index is 0. The zero-order chi connectivity index (χ0) is 41.1. The van der Waals surface area contributed by atoms with Gasteiger partial charge in [-0.25, -0.2) is 9.78 Å². The van der Waals surface area contributed by atoms with Crippen molar-refractivity contribution in [3.63, 3.8) is 0 Å². The van der Waals surface area contributed by atoms with Crippen molar-refractivity contribution >= 4 is 41.5 Å². The number of amides is 1. The molecule has 0 aliphatic heterocycles. The molecule has 3 fully saturated rings. The number of carbonyl (C=O) groups is 1. The van der Waals surface area contributed by atoms with Crippen molar-refractivity contribution in [3.05, 3.63) is 87.7 Å². The molecule has 3 aliphatic rings. The quantitative estimate of drug-likeness (QED) is 0.115. The summed E-state index contributed by atoms with van der Waals surface area (Å²) in [6.07, 6.45) is 21.3. The lowest BCUT2D eigenvalue weighted by Crippen LogP contribution is -2.42. The summed E-state index contributed by atoms with van der Waals surface area (Å²) in [6, 6.07) is 14.0. The number of halogens is 2. The number of nitrogens with one attached hydrogen (secondary N) is 2. The van der Waals surface area contributed by atoms with Crippen LogP contribution < -0.4 is 22.0 Å². The number of hydrogen-bond acceptors (Lipinski definition) is 9. The Morgan fingerprint density at radius 3 is 1.49 bits per heavy atom. The number of rotatable bonds is 7. The molecule has 3 saturated carbocycles. The summed E-state index contributed by atoms with van der Waals surface area (Å²) < 4.78 is 6.08. The lowest BCUT2D eigenvalue weighted by molar-refractivity contribution is 0.0491. The number of aromatic nitrogens is 3. The first-order chi connectivity index (χ1) is 26.5. The summed E-state index contributed by atoms with van der Waals surface area (Å²) >= 11 is 3.23. The Bertz CT molecular complexity index is 1490. The number of nitrogens with two attached hydrogens (primary N) is 2. The van der Waals surface area contributed by atoms with Gasteiger partial charge in [0.2, 0.25) is 0 Å². The third-order valence-electron chi connectivity index (χ3n) is 10.5. The Morgan fingerprint density at radius 2 is 1.12 bits per heavy atom. The SMILES string of the molecule is CB(O)NC1CCC(Cc2ccc(C)cn2)CC1.CC(C)(C)OC(=O)NC1CCC(N)CC1.Cc1ccc(Br)nc1.Cc1ccc(CC2CCC(N)CC2)nc1.Cl. The lowest BCUT2D eigenvalue weighted by Gasteiger charge is -2.29. The van der Waals surface area contributed by atoms with Crippen LogP contribution in [-0.2, 0) is 17.6 Å². The van der Waals surface area contributed by atoms with Gasteiger partial charge in [-0.1, -0.05) is 18.2 Å². The minimum Gasteiger partial charge on any atom is -0.444 e. The molecule has 0 radical (unpaired) electrons. The molecule has 0 bridgehead atoms. The number of alkyl carbamates (subject to hydrolysis) is 1. The number of hydrogen-bond donors (Lipinski definition) is 5. The standard InChI is InChI=1S/C14H23BN2O.C13H20N2.C11H22N2O2.C6H6BrN.ClH/c1-11-3-6-14(16-10-11)9-12-4-7-13(8-5-12)17-15(2)18;1-10-2-7-13(15-9-10)8-11-3-5-12(14)6-4-11;1-11(2,3)15-10(14)13-9-6-4-8(12)5-7-9;1-5-2-3-6(7)8-4-5;/h3,6,10,12-13,17-18H,4-5,7-9H2,1-2H3;2,7,9,11-12H,3-6,8,14H2,1H3;8-9H,4-7,12H2,1-3H3,(H,13,14);2-4H,1H3;1H. The zero-order valence-electron chi connectivity index (χ0n) is 35.7. The van der Waals surface area contributed by atoms with Crippen LogP contribution in [0.25, 0.3) is 0 Å². The zero-order valence-corrected chi connectivity index (χ0v) is 38.1. The molecule has 1 amide bonds. The molecule has 3 aromatic rings. The maximum absolute atomic E-state index is 11.4. The highest BCUT2D eigenvalue weighted by atomic mass is 79.9. The lowest BCUT2D eigenvalue weighted by atomic mass is 9.79. The van der Waals surface area contributed by atoms with Gasteiger partial charge in [-0.05, 0) is 207 Å². The van der Waals surface area contributed by atoms with Crippen LogP contribution in [0.15, 0.2) is 59.6 Å². The van der Waals surface area contributed by atoms with Gasteiger partial charge in [0.1, 0.15) is 10.2 Å². The fraction of sp³-hybridized carbons (Fsp3) is 0.636. The van der Waals surface area contributed by atoms with Gasteiger partial charge < -0.3 is 31.8 Å². The molecule has 0 saturated heterocycles. The molecule has 0 aromatic carbocycles. The Balaban J connectivity index is 0.000000268. The van der Waals surface area contributed by atoms with Crippen molar-refractivity contribution in [2.24, 2.45) is 23.3 Å². The first-order valence-corrected chi connectivity index (χ1v) is 21.7. The molecule has 57 heavy (non-hydrogen) atoms. The highest BCUT2D eigenvalue weighted by Crippen LogP contribution is 2.28. The third kappa shape index (κ3) is 22.9. The van der Waals surface area contributed by atoms with Gasteiger partial charge in [0, 0.05) is 48.1 Å². The molecule has 318 valence electrons. The number of ether oxygens (including phenoxy) is 1. The Hall–Kier alpha value is -2.61. The van der Waals surface area contributed by atoms with Gasteiger partial charge in [0.15, 0.2) is 0 Å². The summed E-state index contributed by atoms with van der Waals surface area (Å²) in [5, 5.41) is 15.4. The van der Waals surface area contributed by atoms with E-state index in [4.69, 9.17) is 16.2 Å². The molecule has 3 aliphatic carbocycles. The highest BCUT2D eigenvalue weighted by molar-refractivity contribution is 9.10. The third-order valence-corrected chi connectivity index (χ3v) is 11.0. The van der Waals surface area contributed by atoms with Gasteiger partial charge in [-0.15, -0.1) is 12.4 Å². The Labute approximate surface area is 359 Å². The van der Waals surface area contributed by atoms with Crippen molar-refractivity contribution in [1.29, 1.82) is 0 Å².